The highest BCUT2D eigenvalue weighted by Crippen LogP contribution is 2.08. The van der Waals surface area contributed by atoms with E-state index in [0.29, 0.717) is 6.54 Å². The van der Waals surface area contributed by atoms with Gasteiger partial charge < -0.3 is 15.3 Å². The molecule has 2 amide bonds. The van der Waals surface area contributed by atoms with Gasteiger partial charge in [-0.05, 0) is 0 Å². The average Bonchev–Trinajstić information content (AvgIpc) is 2.20. The minimum absolute atomic E-state index is 0.0211. The summed E-state index contributed by atoms with van der Waals surface area (Å²) in [5.74, 6) is 0. The number of hydrogen-bond donors (Lipinski definition) is 3. The molecule has 3 N–H and O–H groups in total. The van der Waals surface area contributed by atoms with Crippen molar-refractivity contribution < 1.29 is 20.1 Å². The molecule has 0 radical (unpaired) electrons. The Morgan fingerprint density at radius 1 is 1.07 bits per heavy atom. The summed E-state index contributed by atoms with van der Waals surface area (Å²) in [6.07, 6.45) is 0. The fourth-order valence-corrected chi connectivity index (χ4v) is 1.34. The van der Waals surface area contributed by atoms with Gasteiger partial charge in [0.05, 0.1) is 19.9 Å². The Balaban J connectivity index is 2.58. The highest BCUT2D eigenvalue weighted by Gasteiger charge is 2.28. The van der Waals surface area contributed by atoms with Crippen LogP contribution in [-0.2, 0) is 0 Å². The molecule has 0 unspecified atom stereocenters. The summed E-state index contributed by atoms with van der Waals surface area (Å²) < 4.78 is 0. The fraction of sp³-hybridized carbons (Fsp3) is 0.857. The minimum atomic E-state index is -0.399. The van der Waals surface area contributed by atoms with Crippen molar-refractivity contribution in [3.63, 3.8) is 0 Å². The van der Waals surface area contributed by atoms with Gasteiger partial charge in [0.2, 0.25) is 0 Å². The summed E-state index contributed by atoms with van der Waals surface area (Å²) in [4.78, 5) is 15.5. The van der Waals surface area contributed by atoms with Gasteiger partial charge in [0.15, 0.2) is 0 Å². The number of carbonyl (C=O) groups is 1. The summed E-state index contributed by atoms with van der Waals surface area (Å²) >= 11 is 0. The number of aliphatic hydroxyl groups excluding tert-OH is 3. The Labute approximate surface area is 81.7 Å². The molecule has 0 aliphatic carbocycles. The highest BCUT2D eigenvalue weighted by atomic mass is 16.3. The molecule has 1 rings (SSSR count). The van der Waals surface area contributed by atoms with E-state index in [-0.39, 0.29) is 19.9 Å². The van der Waals surface area contributed by atoms with Gasteiger partial charge in [-0.3, -0.25) is 14.7 Å². The molecule has 1 saturated heterocycles. The van der Waals surface area contributed by atoms with E-state index in [2.05, 4.69) is 0 Å². The van der Waals surface area contributed by atoms with Crippen molar-refractivity contribution in [3.8, 4) is 0 Å². The van der Waals surface area contributed by atoms with E-state index in [1.807, 2.05) is 0 Å². The lowest BCUT2D eigenvalue weighted by Crippen LogP contribution is -2.58. The fourth-order valence-electron chi connectivity index (χ4n) is 1.34. The second kappa shape index (κ2) is 5.11. The number of nitrogens with zero attached hydrogens (tertiary/aromatic N) is 3. The van der Waals surface area contributed by atoms with Gasteiger partial charge >= 0.3 is 6.03 Å². The molecule has 1 fully saturated rings. The molecule has 1 aliphatic heterocycles. The van der Waals surface area contributed by atoms with Crippen LogP contribution in [0.4, 0.5) is 4.79 Å². The van der Waals surface area contributed by atoms with Gasteiger partial charge in [-0.1, -0.05) is 0 Å². The molecule has 1 heterocycles. The van der Waals surface area contributed by atoms with Crippen LogP contribution in [0.1, 0.15) is 0 Å². The summed E-state index contributed by atoms with van der Waals surface area (Å²) in [7, 11) is 0. The number of amides is 2. The van der Waals surface area contributed by atoms with Crippen LogP contribution in [0.25, 0.3) is 0 Å². The van der Waals surface area contributed by atoms with Crippen LogP contribution in [0.15, 0.2) is 0 Å². The highest BCUT2D eigenvalue weighted by molar-refractivity contribution is 5.74. The Morgan fingerprint density at radius 3 is 1.93 bits per heavy atom. The number of carbonyl (C=O) groups excluding carboxylic acids is 1. The molecule has 14 heavy (non-hydrogen) atoms. The Hall–Kier alpha value is -0.890. The van der Waals surface area contributed by atoms with Gasteiger partial charge in [-0.25, -0.2) is 4.79 Å². The Kier molecular flexibility index (Phi) is 4.08. The van der Waals surface area contributed by atoms with Gasteiger partial charge in [0.1, 0.15) is 13.5 Å². The molecule has 0 spiro atoms. The van der Waals surface area contributed by atoms with Crippen molar-refractivity contribution in [2.75, 3.05) is 40.0 Å². The third-order valence-electron chi connectivity index (χ3n) is 2.04. The second-order valence-corrected chi connectivity index (χ2v) is 3.05. The first-order chi connectivity index (χ1) is 6.72. The number of aliphatic hydroxyl groups is 3. The van der Waals surface area contributed by atoms with E-state index in [1.165, 1.54) is 9.80 Å². The van der Waals surface area contributed by atoms with Crippen molar-refractivity contribution in [1.82, 2.24) is 14.7 Å². The molecule has 0 atom stereocenters. The van der Waals surface area contributed by atoms with E-state index in [9.17, 15) is 4.79 Å². The molecule has 0 saturated carbocycles. The zero-order chi connectivity index (χ0) is 10.6. The van der Waals surface area contributed by atoms with Crippen molar-refractivity contribution in [2.45, 2.75) is 0 Å². The van der Waals surface area contributed by atoms with E-state index in [1.54, 1.807) is 4.90 Å². The van der Waals surface area contributed by atoms with Crippen molar-refractivity contribution in [1.29, 1.82) is 0 Å². The largest absolute Gasteiger partial charge is 0.395 e. The smallest absolute Gasteiger partial charge is 0.325 e. The van der Waals surface area contributed by atoms with Crippen molar-refractivity contribution in [3.05, 3.63) is 0 Å². The minimum Gasteiger partial charge on any atom is -0.395 e. The van der Waals surface area contributed by atoms with Crippen LogP contribution in [0.3, 0.4) is 0 Å². The lowest BCUT2D eigenvalue weighted by Gasteiger charge is -2.40. The van der Waals surface area contributed by atoms with Gasteiger partial charge in [-0.15, -0.1) is 0 Å². The van der Waals surface area contributed by atoms with Crippen molar-refractivity contribution in [2.24, 2.45) is 0 Å². The molecule has 0 aromatic carbocycles. The molecule has 7 nitrogen and oxygen atoms in total. The predicted octanol–water partition coefficient (Wildman–Crippen LogP) is -2.17. The molecule has 0 aromatic rings. The van der Waals surface area contributed by atoms with Gasteiger partial charge in [0.25, 0.3) is 0 Å². The number of β-amino-alcohol motifs (C(OH)–C–C–N with tert-alkyl or cyclic N) is 1. The summed E-state index contributed by atoms with van der Waals surface area (Å²) in [5, 5.41) is 26.5. The zero-order valence-corrected chi connectivity index (χ0v) is 7.83. The first-order valence-electron chi connectivity index (χ1n) is 4.31. The standard InChI is InChI=1S/C7H15N3O4/c11-2-1-8-3-9(5-12)7(14)10(4-8)6-13/h11-13H,1-6H2. The van der Waals surface area contributed by atoms with Gasteiger partial charge in [0, 0.05) is 6.54 Å². The SMILES string of the molecule is O=C1N(CO)CN(CCO)CN1CO. The lowest BCUT2D eigenvalue weighted by molar-refractivity contribution is -0.0304. The van der Waals surface area contributed by atoms with Crippen LogP contribution < -0.4 is 0 Å². The molecule has 7 heteroatoms. The van der Waals surface area contributed by atoms with Crippen LogP contribution in [0, 0.1) is 0 Å². The Morgan fingerprint density at radius 2 is 1.57 bits per heavy atom. The maximum Gasteiger partial charge on any atom is 0.325 e. The van der Waals surface area contributed by atoms with E-state index >= 15 is 0 Å². The van der Waals surface area contributed by atoms with E-state index < -0.39 is 19.5 Å². The summed E-state index contributed by atoms with van der Waals surface area (Å²) in [5.41, 5.74) is 0. The molecule has 1 aliphatic rings. The van der Waals surface area contributed by atoms with Crippen LogP contribution in [0.2, 0.25) is 0 Å². The molecular formula is C7H15N3O4. The van der Waals surface area contributed by atoms with Crippen LogP contribution >= 0.6 is 0 Å². The van der Waals surface area contributed by atoms with Crippen LogP contribution in [-0.4, -0.2) is 76.0 Å². The first kappa shape index (κ1) is 11.2. The third-order valence-corrected chi connectivity index (χ3v) is 2.04. The normalized spacial score (nSPS) is 19.2. The lowest BCUT2D eigenvalue weighted by atomic mass is 10.5. The van der Waals surface area contributed by atoms with E-state index in [0.717, 1.165) is 0 Å². The maximum absolute atomic E-state index is 11.4. The maximum atomic E-state index is 11.4. The quantitative estimate of drug-likeness (QED) is 0.486. The summed E-state index contributed by atoms with van der Waals surface area (Å²) in [6.45, 7) is 0.139. The average molecular weight is 205 g/mol. The third kappa shape index (κ3) is 2.32. The summed E-state index contributed by atoms with van der Waals surface area (Å²) in [6, 6.07) is -0.399. The topological polar surface area (TPSA) is 87.5 Å². The zero-order valence-electron chi connectivity index (χ0n) is 7.83. The van der Waals surface area contributed by atoms with Crippen LogP contribution in [0.5, 0.6) is 0 Å². The Bertz CT molecular complexity index is 185. The van der Waals surface area contributed by atoms with Crippen molar-refractivity contribution >= 4 is 6.03 Å². The first-order valence-corrected chi connectivity index (χ1v) is 4.31. The number of hydrogen-bond acceptors (Lipinski definition) is 5. The number of urea groups is 1. The second-order valence-electron chi connectivity index (χ2n) is 3.05. The van der Waals surface area contributed by atoms with E-state index in [4.69, 9.17) is 15.3 Å². The molecule has 0 bridgehead atoms. The molecule has 82 valence electrons. The van der Waals surface area contributed by atoms with Gasteiger partial charge in [-0.2, -0.15) is 0 Å². The predicted molar refractivity (Wildman–Crippen MR) is 46.8 cm³/mol. The number of rotatable bonds is 4. The molecular weight excluding hydrogens is 190 g/mol. The monoisotopic (exact) mass is 205 g/mol. The molecule has 0 aromatic heterocycles.